The Morgan fingerprint density at radius 2 is 1.92 bits per heavy atom. The van der Waals surface area contributed by atoms with Crippen molar-refractivity contribution in [2.24, 2.45) is 0 Å². The lowest BCUT2D eigenvalue weighted by molar-refractivity contribution is -0.133. The molecule has 1 unspecified atom stereocenters. The van der Waals surface area contributed by atoms with Gasteiger partial charge in [-0.3, -0.25) is 14.6 Å². The van der Waals surface area contributed by atoms with Crippen molar-refractivity contribution in [2.45, 2.75) is 64.1 Å². The van der Waals surface area contributed by atoms with Crippen molar-refractivity contribution in [3.63, 3.8) is 0 Å². The van der Waals surface area contributed by atoms with Crippen LogP contribution in [0.1, 0.15) is 61.1 Å². The zero-order valence-corrected chi connectivity index (χ0v) is 14.2. The number of anilines is 1. The molecule has 24 heavy (non-hydrogen) atoms. The minimum absolute atomic E-state index is 0.0391. The second-order valence-corrected chi connectivity index (χ2v) is 7.19. The first-order valence-electron chi connectivity index (χ1n) is 8.79. The van der Waals surface area contributed by atoms with Gasteiger partial charge in [-0.1, -0.05) is 12.2 Å². The molecule has 1 aliphatic carbocycles. The monoisotopic (exact) mass is 325 g/mol. The fraction of sp³-hybridized carbons (Fsp3) is 0.526. The Labute approximate surface area is 142 Å². The van der Waals surface area contributed by atoms with Gasteiger partial charge in [-0.2, -0.15) is 0 Å². The average Bonchev–Trinajstić information content (AvgIpc) is 3.10. The summed E-state index contributed by atoms with van der Waals surface area (Å²) < 4.78 is 0. The summed E-state index contributed by atoms with van der Waals surface area (Å²) in [6, 6.07) is 0.978. The first-order chi connectivity index (χ1) is 11.5. The van der Waals surface area contributed by atoms with E-state index in [1.165, 1.54) is 0 Å². The number of pyridine rings is 1. The van der Waals surface area contributed by atoms with Crippen LogP contribution in [0.5, 0.6) is 0 Å². The van der Waals surface area contributed by atoms with Crippen LogP contribution in [-0.2, 0) is 11.2 Å². The summed E-state index contributed by atoms with van der Waals surface area (Å²) in [4.78, 5) is 30.4. The van der Waals surface area contributed by atoms with Gasteiger partial charge in [0.2, 0.25) is 5.91 Å². The molecule has 1 aromatic rings. The third-order valence-corrected chi connectivity index (χ3v) is 5.62. The number of hydrogen-bond donors (Lipinski definition) is 1. The first-order valence-corrected chi connectivity index (χ1v) is 8.79. The minimum atomic E-state index is 0.0391. The third kappa shape index (κ3) is 2.43. The van der Waals surface area contributed by atoms with Gasteiger partial charge in [0.05, 0.1) is 16.9 Å². The van der Waals surface area contributed by atoms with Gasteiger partial charge in [0, 0.05) is 43.2 Å². The molecule has 2 aliphatic heterocycles. The average molecular weight is 325 g/mol. The quantitative estimate of drug-likeness (QED) is 0.868. The highest BCUT2D eigenvalue weighted by atomic mass is 16.2. The van der Waals surface area contributed by atoms with E-state index < -0.39 is 0 Å². The van der Waals surface area contributed by atoms with Gasteiger partial charge in [-0.25, -0.2) is 0 Å². The highest BCUT2D eigenvalue weighted by Crippen LogP contribution is 2.38. The smallest absolute Gasteiger partial charge is 0.219 e. The van der Waals surface area contributed by atoms with Crippen molar-refractivity contribution in [1.29, 1.82) is 0 Å². The summed E-state index contributed by atoms with van der Waals surface area (Å²) in [5, 5.41) is 3.64. The number of rotatable bonds is 3. The van der Waals surface area contributed by atoms with Crippen molar-refractivity contribution >= 4 is 23.5 Å². The second-order valence-electron chi connectivity index (χ2n) is 7.19. The van der Waals surface area contributed by atoms with Gasteiger partial charge in [0.1, 0.15) is 0 Å². The molecule has 3 atom stereocenters. The number of nitrogens with one attached hydrogen (secondary N) is 1. The summed E-state index contributed by atoms with van der Waals surface area (Å²) in [5.74, 6) is 0.232. The molecule has 2 bridgehead atoms. The highest BCUT2D eigenvalue weighted by Gasteiger charge is 2.42. The molecular weight excluding hydrogens is 302 g/mol. The lowest BCUT2D eigenvalue weighted by Gasteiger charge is -2.39. The third-order valence-electron chi connectivity index (χ3n) is 5.62. The van der Waals surface area contributed by atoms with E-state index in [-0.39, 0.29) is 11.7 Å². The molecule has 3 heterocycles. The topological polar surface area (TPSA) is 62.3 Å². The molecule has 1 amide bonds. The Hall–Kier alpha value is -2.17. The van der Waals surface area contributed by atoms with Gasteiger partial charge in [0.15, 0.2) is 5.78 Å². The Kier molecular flexibility index (Phi) is 3.66. The maximum Gasteiger partial charge on any atom is 0.219 e. The fourth-order valence-corrected chi connectivity index (χ4v) is 4.63. The summed E-state index contributed by atoms with van der Waals surface area (Å²) in [6.07, 6.45) is 10.8. The van der Waals surface area contributed by atoms with Crippen molar-refractivity contribution in [2.75, 3.05) is 5.32 Å². The van der Waals surface area contributed by atoms with Crippen LogP contribution in [0, 0.1) is 0 Å². The van der Waals surface area contributed by atoms with Crippen LogP contribution in [0.15, 0.2) is 12.3 Å². The van der Waals surface area contributed by atoms with E-state index in [2.05, 4.69) is 27.4 Å². The van der Waals surface area contributed by atoms with E-state index >= 15 is 0 Å². The minimum Gasteiger partial charge on any atom is -0.381 e. The van der Waals surface area contributed by atoms with Crippen LogP contribution >= 0.6 is 0 Å². The predicted octanol–water partition coefficient (Wildman–Crippen LogP) is 2.81. The van der Waals surface area contributed by atoms with E-state index in [1.54, 1.807) is 20.0 Å². The molecular formula is C19H23N3O2. The van der Waals surface area contributed by atoms with Crippen LogP contribution in [0.3, 0.4) is 0 Å². The van der Waals surface area contributed by atoms with Crippen LogP contribution in [-0.4, -0.2) is 39.7 Å². The number of ketones is 1. The molecule has 4 rings (SSSR count). The predicted molar refractivity (Wildman–Crippen MR) is 93.0 cm³/mol. The number of aromatic nitrogens is 1. The number of amides is 1. The van der Waals surface area contributed by atoms with Crippen LogP contribution in [0.2, 0.25) is 0 Å². The molecule has 0 aromatic carbocycles. The molecule has 5 heteroatoms. The van der Waals surface area contributed by atoms with Crippen LogP contribution in [0.4, 0.5) is 5.69 Å². The second kappa shape index (κ2) is 5.72. The zero-order valence-electron chi connectivity index (χ0n) is 14.2. The van der Waals surface area contributed by atoms with Crippen molar-refractivity contribution in [3.05, 3.63) is 29.1 Å². The number of carbonyl (C=O) groups excluding carboxylic acids is 2. The Balaban J connectivity index is 1.61. The molecule has 1 N–H and O–H groups in total. The lowest BCUT2D eigenvalue weighted by Crippen LogP contribution is -2.49. The molecule has 1 aromatic heterocycles. The summed E-state index contributed by atoms with van der Waals surface area (Å²) in [7, 11) is 0. The van der Waals surface area contributed by atoms with E-state index in [0.717, 1.165) is 49.0 Å². The number of nitrogens with zero attached hydrogens (tertiary/aromatic N) is 2. The fourth-order valence-electron chi connectivity index (χ4n) is 4.63. The molecule has 2 saturated heterocycles. The molecule has 2 fully saturated rings. The van der Waals surface area contributed by atoms with E-state index in [9.17, 15) is 9.59 Å². The zero-order chi connectivity index (χ0) is 16.8. The largest absolute Gasteiger partial charge is 0.381 e. The van der Waals surface area contributed by atoms with Crippen LogP contribution in [0.25, 0.3) is 6.08 Å². The van der Waals surface area contributed by atoms with Crippen molar-refractivity contribution < 1.29 is 9.59 Å². The maximum absolute atomic E-state index is 12.0. The normalized spacial score (nSPS) is 27.2. The maximum atomic E-state index is 12.0. The number of allylic oxidation sites excluding steroid dienone is 1. The standard InChI is InChI=1S/C19H23N3O2/c1-11(23)17-10-20-18-5-3-4-16(18)19(17)21-13-8-14-6-7-15(9-13)22(14)12(2)24/h3-4,10,13-15H,5-9H2,1-2H3,(H,20,21)/t13?,14-,15+. The van der Waals surface area contributed by atoms with E-state index in [0.29, 0.717) is 23.7 Å². The van der Waals surface area contributed by atoms with Gasteiger partial charge in [-0.05, 0) is 32.6 Å². The number of fused-ring (bicyclic) bond motifs is 3. The number of Topliss-reactive ketones (excluding diaryl/α,β-unsaturated/α-hetero) is 1. The van der Waals surface area contributed by atoms with Crippen molar-refractivity contribution in [3.8, 4) is 0 Å². The summed E-state index contributed by atoms with van der Waals surface area (Å²) in [6.45, 7) is 3.27. The molecule has 0 radical (unpaired) electrons. The first kappa shape index (κ1) is 15.4. The summed E-state index contributed by atoms with van der Waals surface area (Å²) in [5.41, 5.74) is 3.69. The molecule has 5 nitrogen and oxygen atoms in total. The van der Waals surface area contributed by atoms with Gasteiger partial charge in [0.25, 0.3) is 0 Å². The Bertz CT molecular complexity index is 726. The van der Waals surface area contributed by atoms with Gasteiger partial charge in [-0.15, -0.1) is 0 Å². The Morgan fingerprint density at radius 3 is 2.54 bits per heavy atom. The van der Waals surface area contributed by atoms with Crippen molar-refractivity contribution in [1.82, 2.24) is 9.88 Å². The Morgan fingerprint density at radius 1 is 1.21 bits per heavy atom. The number of carbonyl (C=O) groups is 2. The van der Waals surface area contributed by atoms with E-state index in [1.807, 2.05) is 0 Å². The molecule has 3 aliphatic rings. The number of piperidine rings is 1. The van der Waals surface area contributed by atoms with Crippen LogP contribution < -0.4 is 5.32 Å². The lowest BCUT2D eigenvalue weighted by atomic mass is 9.95. The highest BCUT2D eigenvalue weighted by molar-refractivity contribution is 6.01. The number of hydrogen-bond acceptors (Lipinski definition) is 4. The molecule has 126 valence electrons. The molecule has 0 saturated carbocycles. The van der Waals surface area contributed by atoms with E-state index in [4.69, 9.17) is 0 Å². The summed E-state index contributed by atoms with van der Waals surface area (Å²) >= 11 is 0. The molecule has 0 spiro atoms. The SMILES string of the molecule is CC(=O)c1cnc2c(c1NC1C[C@H]3CC[C@@H](C1)N3C(C)=O)C=CC2. The van der Waals surface area contributed by atoms with Gasteiger partial charge < -0.3 is 10.2 Å². The van der Waals surface area contributed by atoms with Gasteiger partial charge >= 0.3 is 0 Å².